The molecule has 1 heterocycles. The molecule has 16 heavy (non-hydrogen) atoms. The quantitative estimate of drug-likeness (QED) is 0.771. The molecule has 2 aromatic rings. The van der Waals surface area contributed by atoms with E-state index in [1.54, 1.807) is 18.9 Å². The molecule has 1 aromatic carbocycles. The van der Waals surface area contributed by atoms with Crippen LogP contribution in [0.1, 0.15) is 0 Å². The lowest BCUT2D eigenvalue weighted by Crippen LogP contribution is -1.94. The highest BCUT2D eigenvalue weighted by Crippen LogP contribution is 2.31. The molecule has 0 radical (unpaired) electrons. The zero-order valence-corrected chi connectivity index (χ0v) is 10.7. The molecule has 0 unspecified atom stereocenters. The third kappa shape index (κ3) is 2.06. The van der Waals surface area contributed by atoms with E-state index in [0.717, 1.165) is 21.5 Å². The van der Waals surface area contributed by atoms with Crippen LogP contribution in [-0.4, -0.2) is 17.9 Å². The summed E-state index contributed by atoms with van der Waals surface area (Å²) in [6.07, 6.45) is 4.01. The number of nitrogens with zero attached hydrogens (tertiary/aromatic N) is 1. The highest BCUT2D eigenvalue weighted by Gasteiger charge is 2.09. The van der Waals surface area contributed by atoms with Gasteiger partial charge in [0.15, 0.2) is 5.75 Å². The van der Waals surface area contributed by atoms with Gasteiger partial charge in [-0.15, -0.1) is 11.8 Å². The highest BCUT2D eigenvalue weighted by atomic mass is 35.5. The Kier molecular flexibility index (Phi) is 3.46. The van der Waals surface area contributed by atoms with E-state index in [4.69, 9.17) is 16.3 Å². The minimum atomic E-state index is 0.734. The van der Waals surface area contributed by atoms with Crippen LogP contribution in [0.2, 0.25) is 5.02 Å². The molecular formula is C12H12ClNOS. The Hall–Kier alpha value is -1.06. The van der Waals surface area contributed by atoms with Gasteiger partial charge in [0.2, 0.25) is 0 Å². The van der Waals surface area contributed by atoms with Gasteiger partial charge in [0.1, 0.15) is 5.03 Å². The molecule has 0 saturated carbocycles. The topological polar surface area (TPSA) is 14.2 Å². The molecule has 0 bridgehead atoms. The normalized spacial score (nSPS) is 10.4. The summed E-state index contributed by atoms with van der Waals surface area (Å²) < 4.78 is 7.36. The van der Waals surface area contributed by atoms with Crippen molar-refractivity contribution in [3.63, 3.8) is 0 Å². The summed E-state index contributed by atoms with van der Waals surface area (Å²) >= 11 is 7.63. The number of thioether (sulfide) groups is 1. The molecule has 0 spiro atoms. The molecule has 4 heteroatoms. The lowest BCUT2D eigenvalue weighted by molar-refractivity contribution is 0.403. The minimum absolute atomic E-state index is 0.734. The Morgan fingerprint density at radius 2 is 2.12 bits per heavy atom. The van der Waals surface area contributed by atoms with Crippen LogP contribution in [0.15, 0.2) is 41.6 Å². The molecule has 84 valence electrons. The molecule has 0 N–H and O–H groups in total. The fourth-order valence-corrected chi connectivity index (χ4v) is 2.48. The van der Waals surface area contributed by atoms with E-state index in [2.05, 4.69) is 4.57 Å². The Morgan fingerprint density at radius 3 is 2.75 bits per heavy atom. The largest absolute Gasteiger partial charge is 0.494 e. The predicted octanol–water partition coefficient (Wildman–Crippen LogP) is 3.86. The molecule has 0 fully saturated rings. The molecule has 0 aliphatic carbocycles. The molecule has 2 rings (SSSR count). The molecule has 0 saturated heterocycles. The second-order valence-electron chi connectivity index (χ2n) is 3.24. The lowest BCUT2D eigenvalue weighted by atomic mass is 10.3. The van der Waals surface area contributed by atoms with Crippen molar-refractivity contribution in [2.24, 2.45) is 0 Å². The number of benzene rings is 1. The summed E-state index contributed by atoms with van der Waals surface area (Å²) in [6.45, 7) is 0. The number of ether oxygens (including phenoxy) is 1. The summed E-state index contributed by atoms with van der Waals surface area (Å²) in [5.41, 5.74) is 1.04. The van der Waals surface area contributed by atoms with Gasteiger partial charge in [-0.05, 0) is 30.5 Å². The maximum Gasteiger partial charge on any atom is 0.150 e. The van der Waals surface area contributed by atoms with Crippen molar-refractivity contribution in [2.75, 3.05) is 13.4 Å². The molecular weight excluding hydrogens is 242 g/mol. The van der Waals surface area contributed by atoms with Gasteiger partial charge in [-0.3, -0.25) is 0 Å². The number of halogens is 1. The van der Waals surface area contributed by atoms with E-state index in [-0.39, 0.29) is 0 Å². The smallest absolute Gasteiger partial charge is 0.150 e. The van der Waals surface area contributed by atoms with Gasteiger partial charge < -0.3 is 9.30 Å². The number of methoxy groups -OCH3 is 1. The first-order valence-corrected chi connectivity index (χ1v) is 6.42. The van der Waals surface area contributed by atoms with Crippen LogP contribution in [0.5, 0.6) is 5.75 Å². The van der Waals surface area contributed by atoms with Gasteiger partial charge in [0.25, 0.3) is 0 Å². The van der Waals surface area contributed by atoms with Gasteiger partial charge >= 0.3 is 0 Å². The molecule has 0 aliphatic heterocycles. The van der Waals surface area contributed by atoms with Crippen molar-refractivity contribution in [3.8, 4) is 11.4 Å². The summed E-state index contributed by atoms with van der Waals surface area (Å²) in [4.78, 5) is 0. The molecule has 0 atom stereocenters. The number of hydrogen-bond donors (Lipinski definition) is 0. The Balaban J connectivity index is 2.51. The lowest BCUT2D eigenvalue weighted by Gasteiger charge is -2.08. The molecule has 1 aromatic heterocycles. The Morgan fingerprint density at radius 1 is 1.31 bits per heavy atom. The third-order valence-corrected chi connectivity index (χ3v) is 3.32. The van der Waals surface area contributed by atoms with Crippen molar-refractivity contribution < 1.29 is 4.74 Å². The third-order valence-electron chi connectivity index (χ3n) is 2.30. The van der Waals surface area contributed by atoms with Gasteiger partial charge in [0, 0.05) is 16.9 Å². The average Bonchev–Trinajstić information content (AvgIpc) is 2.71. The van der Waals surface area contributed by atoms with E-state index in [1.807, 2.05) is 42.8 Å². The first-order valence-electron chi connectivity index (χ1n) is 4.81. The van der Waals surface area contributed by atoms with Crippen LogP contribution >= 0.6 is 23.4 Å². The molecule has 0 aliphatic rings. The van der Waals surface area contributed by atoms with Crippen LogP contribution in [-0.2, 0) is 0 Å². The van der Waals surface area contributed by atoms with Crippen molar-refractivity contribution in [2.45, 2.75) is 5.03 Å². The summed E-state index contributed by atoms with van der Waals surface area (Å²) in [5, 5.41) is 1.81. The standard InChI is InChI=1S/C12H12ClNOS/c1-15-11-6-7-14(12(11)16-2)10-5-3-4-9(13)8-10/h3-8H,1-2H3. The fourth-order valence-electron chi connectivity index (χ4n) is 1.58. The van der Waals surface area contributed by atoms with Crippen LogP contribution in [0, 0.1) is 0 Å². The number of hydrogen-bond acceptors (Lipinski definition) is 2. The number of rotatable bonds is 3. The first-order chi connectivity index (χ1) is 7.76. The average molecular weight is 254 g/mol. The van der Waals surface area contributed by atoms with Crippen molar-refractivity contribution >= 4 is 23.4 Å². The maximum absolute atomic E-state index is 5.98. The van der Waals surface area contributed by atoms with Gasteiger partial charge in [-0.2, -0.15) is 0 Å². The second-order valence-corrected chi connectivity index (χ2v) is 4.47. The van der Waals surface area contributed by atoms with Crippen LogP contribution in [0.25, 0.3) is 5.69 Å². The minimum Gasteiger partial charge on any atom is -0.494 e. The Bertz CT molecular complexity index is 496. The number of aromatic nitrogens is 1. The van der Waals surface area contributed by atoms with E-state index >= 15 is 0 Å². The van der Waals surface area contributed by atoms with E-state index in [1.165, 1.54) is 0 Å². The summed E-state index contributed by atoms with van der Waals surface area (Å²) in [5.74, 6) is 0.882. The zero-order valence-electron chi connectivity index (χ0n) is 9.11. The molecule has 2 nitrogen and oxygen atoms in total. The van der Waals surface area contributed by atoms with Crippen molar-refractivity contribution in [1.29, 1.82) is 0 Å². The van der Waals surface area contributed by atoms with Crippen LogP contribution in [0.4, 0.5) is 0 Å². The fraction of sp³-hybridized carbons (Fsp3) is 0.167. The van der Waals surface area contributed by atoms with E-state index in [9.17, 15) is 0 Å². The van der Waals surface area contributed by atoms with Crippen molar-refractivity contribution in [1.82, 2.24) is 4.57 Å². The monoisotopic (exact) mass is 253 g/mol. The Labute approximate surface area is 104 Å². The maximum atomic E-state index is 5.98. The van der Waals surface area contributed by atoms with Gasteiger partial charge in [0.05, 0.1) is 7.11 Å². The van der Waals surface area contributed by atoms with Gasteiger partial charge in [-0.25, -0.2) is 0 Å². The SMILES string of the molecule is COc1ccn(-c2cccc(Cl)c2)c1SC. The predicted molar refractivity (Wildman–Crippen MR) is 69.1 cm³/mol. The van der Waals surface area contributed by atoms with E-state index < -0.39 is 0 Å². The highest BCUT2D eigenvalue weighted by molar-refractivity contribution is 7.98. The second kappa shape index (κ2) is 4.85. The molecule has 0 amide bonds. The zero-order chi connectivity index (χ0) is 11.5. The van der Waals surface area contributed by atoms with Gasteiger partial charge in [-0.1, -0.05) is 17.7 Å². The first kappa shape index (κ1) is 11.4. The van der Waals surface area contributed by atoms with Crippen LogP contribution < -0.4 is 4.74 Å². The van der Waals surface area contributed by atoms with E-state index in [0.29, 0.717) is 0 Å². The summed E-state index contributed by atoms with van der Waals surface area (Å²) in [6, 6.07) is 9.71. The van der Waals surface area contributed by atoms with Crippen molar-refractivity contribution in [3.05, 3.63) is 41.6 Å². The van der Waals surface area contributed by atoms with Crippen LogP contribution in [0.3, 0.4) is 0 Å². The summed E-state index contributed by atoms with van der Waals surface area (Å²) in [7, 11) is 1.68.